The van der Waals surface area contributed by atoms with Gasteiger partial charge >= 0.3 is 0 Å². The Hall–Kier alpha value is -1.35. The molecule has 0 radical (unpaired) electrons. The molecule has 0 saturated carbocycles. The summed E-state index contributed by atoms with van der Waals surface area (Å²) in [5, 5.41) is 2.39. The van der Waals surface area contributed by atoms with E-state index in [1.54, 1.807) is 6.20 Å². The first-order valence-corrected chi connectivity index (χ1v) is 5.15. The normalized spacial score (nSPS) is 11.2. The summed E-state index contributed by atoms with van der Waals surface area (Å²) in [7, 11) is 0. The third-order valence-electron chi connectivity index (χ3n) is 2.36. The Morgan fingerprint density at radius 1 is 1.07 bits per heavy atom. The van der Waals surface area contributed by atoms with Crippen LogP contribution in [0.1, 0.15) is 0 Å². The van der Waals surface area contributed by atoms with Crippen LogP contribution in [0.3, 0.4) is 0 Å². The van der Waals surface area contributed by atoms with Gasteiger partial charge in [0.15, 0.2) is 0 Å². The Labute approximate surface area is 89.1 Å². The van der Waals surface area contributed by atoms with Crippen molar-refractivity contribution in [2.75, 3.05) is 0 Å². The second kappa shape index (κ2) is 2.82. The fraction of sp³-hybridized carbons (Fsp3) is 0. The van der Waals surface area contributed by atoms with Crippen LogP contribution < -0.4 is 0 Å². The van der Waals surface area contributed by atoms with Gasteiger partial charge in [-0.1, -0.05) is 22.0 Å². The average molecular weight is 247 g/mol. The first-order chi connectivity index (χ1) is 6.84. The van der Waals surface area contributed by atoms with E-state index in [1.165, 1.54) is 10.8 Å². The van der Waals surface area contributed by atoms with Crippen molar-refractivity contribution < 1.29 is 0 Å². The molecule has 3 rings (SSSR count). The van der Waals surface area contributed by atoms with Gasteiger partial charge in [-0.25, -0.2) is 0 Å². The van der Waals surface area contributed by atoms with Crippen molar-refractivity contribution in [1.82, 2.24) is 9.97 Å². The van der Waals surface area contributed by atoms with E-state index in [9.17, 15) is 0 Å². The molecule has 2 nitrogen and oxygen atoms in total. The van der Waals surface area contributed by atoms with Gasteiger partial charge in [0.1, 0.15) is 0 Å². The molecule has 1 N–H and O–H groups in total. The summed E-state index contributed by atoms with van der Waals surface area (Å²) in [6.07, 6.45) is 3.69. The maximum Gasteiger partial charge on any atom is 0.0495 e. The highest BCUT2D eigenvalue weighted by molar-refractivity contribution is 9.10. The fourth-order valence-electron chi connectivity index (χ4n) is 1.72. The third-order valence-corrected chi connectivity index (χ3v) is 2.86. The summed E-state index contributed by atoms with van der Waals surface area (Å²) in [5.74, 6) is 0. The molecule has 0 aliphatic heterocycles. The number of benzene rings is 1. The highest BCUT2D eigenvalue weighted by atomic mass is 79.9. The lowest BCUT2D eigenvalue weighted by Crippen LogP contribution is -1.69. The van der Waals surface area contributed by atoms with Crippen LogP contribution in [-0.4, -0.2) is 9.97 Å². The van der Waals surface area contributed by atoms with E-state index >= 15 is 0 Å². The van der Waals surface area contributed by atoms with Gasteiger partial charge in [0, 0.05) is 38.7 Å². The lowest BCUT2D eigenvalue weighted by atomic mass is 10.2. The average Bonchev–Trinajstić information content (AvgIpc) is 2.54. The Morgan fingerprint density at radius 3 is 2.93 bits per heavy atom. The predicted octanol–water partition coefficient (Wildman–Crippen LogP) is 3.48. The second-order valence-corrected chi connectivity index (χ2v) is 4.15. The number of hydrogen-bond donors (Lipinski definition) is 1. The monoisotopic (exact) mass is 246 g/mol. The molecule has 0 atom stereocenters. The molecule has 0 aliphatic carbocycles. The van der Waals surface area contributed by atoms with Crippen LogP contribution >= 0.6 is 15.9 Å². The van der Waals surface area contributed by atoms with E-state index in [4.69, 9.17) is 0 Å². The summed E-state index contributed by atoms with van der Waals surface area (Å²) in [6.45, 7) is 0. The van der Waals surface area contributed by atoms with E-state index in [0.717, 1.165) is 15.5 Å². The Bertz CT molecular complexity index is 613. The van der Waals surface area contributed by atoms with Gasteiger partial charge in [-0.3, -0.25) is 4.98 Å². The van der Waals surface area contributed by atoms with Crippen molar-refractivity contribution in [2.24, 2.45) is 0 Å². The van der Waals surface area contributed by atoms with Gasteiger partial charge in [0.2, 0.25) is 0 Å². The molecule has 0 unspecified atom stereocenters. The molecular weight excluding hydrogens is 240 g/mol. The number of nitrogens with one attached hydrogen (secondary N) is 1. The van der Waals surface area contributed by atoms with Crippen LogP contribution in [0.5, 0.6) is 0 Å². The zero-order valence-electron chi connectivity index (χ0n) is 7.29. The standard InChI is InChI=1S/C11H7BrN2/c12-7-1-2-8-9-6-13-4-3-10(9)14-11(8)5-7/h1-6,14H. The molecular formula is C11H7BrN2. The molecule has 0 amide bonds. The quantitative estimate of drug-likeness (QED) is 0.647. The number of hydrogen-bond acceptors (Lipinski definition) is 1. The maximum atomic E-state index is 4.13. The number of aromatic amines is 1. The number of aromatic nitrogens is 2. The molecule has 2 aromatic heterocycles. The molecule has 0 aliphatic rings. The minimum atomic E-state index is 1.09. The highest BCUT2D eigenvalue weighted by Gasteiger charge is 2.02. The summed E-state index contributed by atoms with van der Waals surface area (Å²) in [4.78, 5) is 7.47. The topological polar surface area (TPSA) is 28.7 Å². The number of rotatable bonds is 0. The highest BCUT2D eigenvalue weighted by Crippen LogP contribution is 2.26. The molecule has 68 valence electrons. The molecule has 2 heterocycles. The van der Waals surface area contributed by atoms with Gasteiger partial charge in [-0.05, 0) is 18.2 Å². The molecule has 0 saturated heterocycles. The van der Waals surface area contributed by atoms with Crippen LogP contribution in [0.15, 0.2) is 41.1 Å². The zero-order valence-corrected chi connectivity index (χ0v) is 8.88. The van der Waals surface area contributed by atoms with E-state index in [0.29, 0.717) is 0 Å². The Morgan fingerprint density at radius 2 is 2.00 bits per heavy atom. The maximum absolute atomic E-state index is 4.13. The van der Waals surface area contributed by atoms with Gasteiger partial charge in [0.25, 0.3) is 0 Å². The Kier molecular flexibility index (Phi) is 1.61. The van der Waals surface area contributed by atoms with Gasteiger partial charge in [0.05, 0.1) is 0 Å². The predicted molar refractivity (Wildman–Crippen MR) is 61.3 cm³/mol. The minimum absolute atomic E-state index is 1.09. The summed E-state index contributed by atoms with van der Waals surface area (Å²) in [6, 6.07) is 8.21. The molecule has 1 aromatic carbocycles. The molecule has 0 fully saturated rings. The minimum Gasteiger partial charge on any atom is -0.354 e. The molecule has 0 bridgehead atoms. The van der Waals surface area contributed by atoms with Crippen molar-refractivity contribution >= 4 is 37.7 Å². The molecule has 3 heteroatoms. The van der Waals surface area contributed by atoms with Crippen molar-refractivity contribution in [3.63, 3.8) is 0 Å². The molecule has 3 aromatic rings. The van der Waals surface area contributed by atoms with Crippen LogP contribution in [0, 0.1) is 0 Å². The lowest BCUT2D eigenvalue weighted by Gasteiger charge is -1.90. The lowest BCUT2D eigenvalue weighted by molar-refractivity contribution is 1.36. The van der Waals surface area contributed by atoms with Crippen molar-refractivity contribution in [3.8, 4) is 0 Å². The number of H-pyrrole nitrogens is 1. The van der Waals surface area contributed by atoms with E-state index in [2.05, 4.69) is 38.0 Å². The summed E-state index contributed by atoms with van der Waals surface area (Å²) in [5.41, 5.74) is 2.27. The zero-order chi connectivity index (χ0) is 9.54. The summed E-state index contributed by atoms with van der Waals surface area (Å²) >= 11 is 3.45. The van der Waals surface area contributed by atoms with E-state index in [1.807, 2.05) is 18.3 Å². The first kappa shape index (κ1) is 8.00. The second-order valence-electron chi connectivity index (χ2n) is 3.24. The van der Waals surface area contributed by atoms with Crippen LogP contribution in [0.2, 0.25) is 0 Å². The van der Waals surface area contributed by atoms with E-state index < -0.39 is 0 Å². The smallest absolute Gasteiger partial charge is 0.0495 e. The third kappa shape index (κ3) is 1.06. The number of halogens is 1. The largest absolute Gasteiger partial charge is 0.354 e. The fourth-order valence-corrected chi connectivity index (χ4v) is 2.08. The van der Waals surface area contributed by atoms with Crippen molar-refractivity contribution in [3.05, 3.63) is 41.1 Å². The first-order valence-electron chi connectivity index (χ1n) is 4.35. The van der Waals surface area contributed by atoms with Crippen LogP contribution in [0.25, 0.3) is 21.8 Å². The van der Waals surface area contributed by atoms with Crippen LogP contribution in [0.4, 0.5) is 0 Å². The number of nitrogens with zero attached hydrogens (tertiary/aromatic N) is 1. The summed E-state index contributed by atoms with van der Waals surface area (Å²) < 4.78 is 1.09. The van der Waals surface area contributed by atoms with Crippen LogP contribution in [-0.2, 0) is 0 Å². The SMILES string of the molecule is Brc1ccc2c(c1)[nH]c1ccncc12. The van der Waals surface area contributed by atoms with Crippen molar-refractivity contribution in [2.45, 2.75) is 0 Å². The number of fused-ring (bicyclic) bond motifs is 3. The van der Waals surface area contributed by atoms with Gasteiger partial charge < -0.3 is 4.98 Å². The number of pyridine rings is 1. The van der Waals surface area contributed by atoms with Gasteiger partial charge in [-0.2, -0.15) is 0 Å². The molecule has 14 heavy (non-hydrogen) atoms. The molecule has 0 spiro atoms. The van der Waals surface area contributed by atoms with Crippen molar-refractivity contribution in [1.29, 1.82) is 0 Å². The Balaban J connectivity index is 2.57. The van der Waals surface area contributed by atoms with E-state index in [-0.39, 0.29) is 0 Å². The van der Waals surface area contributed by atoms with Gasteiger partial charge in [-0.15, -0.1) is 0 Å².